The SMILES string of the molecule is CCc1ocnc1C(=O)N1CCC2(CC1)C[C@@H](c1ccccc1)CN(C)C2. The summed E-state index contributed by atoms with van der Waals surface area (Å²) in [6.45, 7) is 5.86. The maximum atomic E-state index is 12.9. The lowest BCUT2D eigenvalue weighted by Crippen LogP contribution is -2.51. The van der Waals surface area contributed by atoms with Crippen molar-refractivity contribution in [1.82, 2.24) is 14.8 Å². The van der Waals surface area contributed by atoms with E-state index in [0.717, 1.165) is 39.0 Å². The van der Waals surface area contributed by atoms with E-state index in [1.54, 1.807) is 0 Å². The number of piperidine rings is 2. The van der Waals surface area contributed by atoms with Crippen LogP contribution in [0.5, 0.6) is 0 Å². The highest BCUT2D eigenvalue weighted by atomic mass is 16.3. The molecule has 0 saturated carbocycles. The molecular weight excluding hydrogens is 338 g/mol. The second kappa shape index (κ2) is 7.47. The van der Waals surface area contributed by atoms with E-state index >= 15 is 0 Å². The van der Waals surface area contributed by atoms with E-state index in [9.17, 15) is 4.79 Å². The van der Waals surface area contributed by atoms with E-state index in [4.69, 9.17) is 4.42 Å². The number of nitrogens with zero attached hydrogens (tertiary/aromatic N) is 3. The van der Waals surface area contributed by atoms with Crippen LogP contribution in [0.2, 0.25) is 0 Å². The molecule has 2 saturated heterocycles. The number of hydrogen-bond acceptors (Lipinski definition) is 4. The van der Waals surface area contributed by atoms with Crippen molar-refractivity contribution < 1.29 is 9.21 Å². The molecule has 1 spiro atoms. The van der Waals surface area contributed by atoms with Gasteiger partial charge in [-0.15, -0.1) is 0 Å². The number of aryl methyl sites for hydroxylation is 1. The number of likely N-dealkylation sites (N-methyl/N-ethyl adjacent to an activating group) is 1. The second-order valence-corrected chi connectivity index (χ2v) is 8.28. The van der Waals surface area contributed by atoms with Gasteiger partial charge in [-0.2, -0.15) is 0 Å². The highest BCUT2D eigenvalue weighted by molar-refractivity contribution is 5.93. The molecule has 3 heterocycles. The maximum absolute atomic E-state index is 12.9. The van der Waals surface area contributed by atoms with Gasteiger partial charge in [-0.25, -0.2) is 4.98 Å². The molecule has 1 amide bonds. The molecular formula is C22H29N3O2. The first kappa shape index (κ1) is 18.2. The van der Waals surface area contributed by atoms with Crippen LogP contribution in [0.25, 0.3) is 0 Å². The summed E-state index contributed by atoms with van der Waals surface area (Å²) < 4.78 is 5.35. The monoisotopic (exact) mass is 367 g/mol. The minimum absolute atomic E-state index is 0.0271. The van der Waals surface area contributed by atoms with Crippen LogP contribution < -0.4 is 0 Å². The van der Waals surface area contributed by atoms with Gasteiger partial charge >= 0.3 is 0 Å². The Morgan fingerprint density at radius 2 is 2.00 bits per heavy atom. The molecule has 2 aliphatic rings. The smallest absolute Gasteiger partial charge is 0.276 e. The average molecular weight is 367 g/mol. The van der Waals surface area contributed by atoms with E-state index in [-0.39, 0.29) is 5.91 Å². The summed E-state index contributed by atoms with van der Waals surface area (Å²) >= 11 is 0. The quantitative estimate of drug-likeness (QED) is 0.832. The lowest BCUT2D eigenvalue weighted by Gasteiger charge is -2.49. The van der Waals surface area contributed by atoms with E-state index in [1.807, 2.05) is 11.8 Å². The van der Waals surface area contributed by atoms with Crippen LogP contribution in [0, 0.1) is 5.41 Å². The minimum Gasteiger partial charge on any atom is -0.448 e. The third-order valence-electron chi connectivity index (χ3n) is 6.36. The Morgan fingerprint density at radius 1 is 1.26 bits per heavy atom. The van der Waals surface area contributed by atoms with E-state index < -0.39 is 0 Å². The fraction of sp³-hybridized carbons (Fsp3) is 0.545. The van der Waals surface area contributed by atoms with Crippen LogP contribution in [-0.4, -0.2) is 53.9 Å². The van der Waals surface area contributed by atoms with Crippen LogP contribution in [0.4, 0.5) is 0 Å². The predicted molar refractivity (Wildman–Crippen MR) is 105 cm³/mol. The van der Waals surface area contributed by atoms with Crippen molar-refractivity contribution in [2.75, 3.05) is 33.2 Å². The van der Waals surface area contributed by atoms with Crippen LogP contribution in [0.1, 0.15) is 53.9 Å². The highest BCUT2D eigenvalue weighted by Crippen LogP contribution is 2.44. The van der Waals surface area contributed by atoms with Gasteiger partial charge in [0, 0.05) is 32.6 Å². The molecule has 0 N–H and O–H groups in total. The zero-order valence-electron chi connectivity index (χ0n) is 16.4. The first-order valence-corrected chi connectivity index (χ1v) is 10.1. The third-order valence-corrected chi connectivity index (χ3v) is 6.36. The molecule has 0 bridgehead atoms. The van der Waals surface area contributed by atoms with Gasteiger partial charge in [0.2, 0.25) is 0 Å². The highest BCUT2D eigenvalue weighted by Gasteiger charge is 2.42. The fourth-order valence-corrected chi connectivity index (χ4v) is 5.01. The topological polar surface area (TPSA) is 49.6 Å². The molecule has 1 aromatic heterocycles. The third kappa shape index (κ3) is 3.65. The summed E-state index contributed by atoms with van der Waals surface area (Å²) in [5.41, 5.74) is 2.25. The summed E-state index contributed by atoms with van der Waals surface area (Å²) in [5, 5.41) is 0. The molecule has 4 rings (SSSR count). The van der Waals surface area contributed by atoms with Crippen molar-refractivity contribution in [3.63, 3.8) is 0 Å². The number of rotatable bonds is 3. The minimum atomic E-state index is 0.0271. The zero-order valence-corrected chi connectivity index (χ0v) is 16.4. The van der Waals surface area contributed by atoms with Crippen molar-refractivity contribution in [2.45, 2.75) is 38.5 Å². The van der Waals surface area contributed by atoms with E-state index in [1.165, 1.54) is 18.4 Å². The maximum Gasteiger partial charge on any atom is 0.276 e. The Balaban J connectivity index is 1.45. The average Bonchev–Trinajstić information content (AvgIpc) is 3.17. The van der Waals surface area contributed by atoms with Crippen molar-refractivity contribution >= 4 is 5.91 Å². The van der Waals surface area contributed by atoms with E-state index in [0.29, 0.717) is 29.2 Å². The summed E-state index contributed by atoms with van der Waals surface area (Å²) in [6, 6.07) is 10.9. The summed E-state index contributed by atoms with van der Waals surface area (Å²) in [4.78, 5) is 21.5. The van der Waals surface area contributed by atoms with Gasteiger partial charge in [0.15, 0.2) is 12.1 Å². The standard InChI is InChI=1S/C22H29N3O2/c1-3-19-20(23-16-27-19)21(26)25-11-9-22(10-12-25)13-18(14-24(2)15-22)17-7-5-4-6-8-17/h4-8,16,18H,3,9-15H2,1-2H3/t18-/m1/s1. The summed E-state index contributed by atoms with van der Waals surface area (Å²) in [7, 11) is 2.23. The van der Waals surface area contributed by atoms with Gasteiger partial charge in [0.05, 0.1) is 0 Å². The molecule has 5 nitrogen and oxygen atoms in total. The molecule has 0 aliphatic carbocycles. The van der Waals surface area contributed by atoms with Gasteiger partial charge in [0.25, 0.3) is 5.91 Å². The second-order valence-electron chi connectivity index (χ2n) is 8.28. The Morgan fingerprint density at radius 3 is 2.70 bits per heavy atom. The van der Waals surface area contributed by atoms with Gasteiger partial charge < -0.3 is 14.2 Å². The number of aromatic nitrogens is 1. The predicted octanol–water partition coefficient (Wildman–Crippen LogP) is 3.58. The van der Waals surface area contributed by atoms with Crippen LogP contribution >= 0.6 is 0 Å². The molecule has 0 radical (unpaired) electrons. The Labute approximate surface area is 161 Å². The van der Waals surface area contributed by atoms with Crippen LogP contribution in [0.15, 0.2) is 41.1 Å². The van der Waals surface area contributed by atoms with Crippen LogP contribution in [-0.2, 0) is 6.42 Å². The number of likely N-dealkylation sites (tertiary alicyclic amines) is 2. The number of oxazole rings is 1. The summed E-state index contributed by atoms with van der Waals surface area (Å²) in [5.74, 6) is 1.30. The number of amides is 1. The normalized spacial score (nSPS) is 22.9. The van der Waals surface area contributed by atoms with E-state index in [2.05, 4.69) is 47.3 Å². The molecule has 5 heteroatoms. The van der Waals surface area contributed by atoms with Crippen LogP contribution in [0.3, 0.4) is 0 Å². The number of hydrogen-bond donors (Lipinski definition) is 0. The lowest BCUT2D eigenvalue weighted by molar-refractivity contribution is 0.0221. The first-order chi connectivity index (χ1) is 13.1. The van der Waals surface area contributed by atoms with Crippen molar-refractivity contribution in [1.29, 1.82) is 0 Å². The van der Waals surface area contributed by atoms with Gasteiger partial charge in [-0.3, -0.25) is 4.79 Å². The fourth-order valence-electron chi connectivity index (χ4n) is 5.01. The zero-order chi connectivity index (χ0) is 18.9. The molecule has 27 heavy (non-hydrogen) atoms. The van der Waals surface area contributed by atoms with Crippen molar-refractivity contribution in [3.8, 4) is 0 Å². The number of benzene rings is 1. The van der Waals surface area contributed by atoms with Gasteiger partial charge in [-0.1, -0.05) is 37.3 Å². The molecule has 144 valence electrons. The largest absolute Gasteiger partial charge is 0.448 e. The molecule has 0 unspecified atom stereocenters. The Bertz CT molecular complexity index is 778. The first-order valence-electron chi connectivity index (χ1n) is 10.1. The lowest BCUT2D eigenvalue weighted by atomic mass is 9.68. The molecule has 2 fully saturated rings. The molecule has 2 aromatic rings. The molecule has 2 aliphatic heterocycles. The number of carbonyl (C=O) groups is 1. The molecule has 1 atom stereocenters. The van der Waals surface area contributed by atoms with Crippen molar-refractivity contribution in [3.05, 3.63) is 53.7 Å². The van der Waals surface area contributed by atoms with Crippen molar-refractivity contribution in [2.24, 2.45) is 5.41 Å². The van der Waals surface area contributed by atoms with Gasteiger partial charge in [-0.05, 0) is 43.2 Å². The Kier molecular flexibility index (Phi) is 5.04. The Hall–Kier alpha value is -2.14. The number of carbonyl (C=O) groups excluding carboxylic acids is 1. The molecule has 1 aromatic carbocycles. The van der Waals surface area contributed by atoms with Gasteiger partial charge in [0.1, 0.15) is 5.76 Å². The summed E-state index contributed by atoms with van der Waals surface area (Å²) in [6.07, 6.45) is 5.42.